The van der Waals surface area contributed by atoms with Gasteiger partial charge in [0.1, 0.15) is 0 Å². The zero-order valence-corrected chi connectivity index (χ0v) is 8.69. The van der Waals surface area contributed by atoms with Crippen molar-refractivity contribution in [1.82, 2.24) is 15.0 Å². The summed E-state index contributed by atoms with van der Waals surface area (Å²) in [4.78, 5) is 21.8. The number of hydrogen-bond donors (Lipinski definition) is 1. The van der Waals surface area contributed by atoms with Gasteiger partial charge in [0.05, 0.1) is 17.7 Å². The Morgan fingerprint density at radius 3 is 2.75 bits per heavy atom. The predicted molar refractivity (Wildman–Crippen MR) is 60.6 cm³/mol. The fraction of sp³-hybridized carbons (Fsp3) is 0.0833. The molecule has 4 heteroatoms. The van der Waals surface area contributed by atoms with Gasteiger partial charge in [-0.05, 0) is 19.1 Å². The maximum absolute atomic E-state index is 11.1. The third-order valence-corrected chi connectivity index (χ3v) is 1.97. The van der Waals surface area contributed by atoms with E-state index in [2.05, 4.69) is 26.8 Å². The number of pyridine rings is 1. The average molecular weight is 211 g/mol. The molecule has 0 aromatic carbocycles. The Hall–Kier alpha value is -2.41. The van der Waals surface area contributed by atoms with Crippen LogP contribution in [0.5, 0.6) is 0 Å². The van der Waals surface area contributed by atoms with Crippen LogP contribution in [-0.4, -0.2) is 15.0 Å². The maximum atomic E-state index is 11.1. The molecule has 2 rings (SSSR count). The summed E-state index contributed by atoms with van der Waals surface area (Å²) in [6.45, 7) is 1.77. The number of aromatic nitrogens is 3. The Balaban J connectivity index is 2.41. The van der Waals surface area contributed by atoms with Crippen molar-refractivity contribution in [3.8, 4) is 23.2 Å². The number of nitrogens with one attached hydrogen (secondary N) is 1. The zero-order chi connectivity index (χ0) is 11.4. The number of rotatable bonds is 1. The molecule has 0 saturated carbocycles. The van der Waals surface area contributed by atoms with Crippen LogP contribution in [0.25, 0.3) is 11.4 Å². The minimum Gasteiger partial charge on any atom is -0.313 e. The van der Waals surface area contributed by atoms with Gasteiger partial charge in [-0.2, -0.15) is 0 Å². The van der Waals surface area contributed by atoms with Gasteiger partial charge >= 0.3 is 0 Å². The Morgan fingerprint density at radius 2 is 2.12 bits per heavy atom. The van der Waals surface area contributed by atoms with E-state index in [0.29, 0.717) is 11.4 Å². The topological polar surface area (TPSA) is 58.6 Å². The standard InChI is InChI=1S/C12H9N3O/c1-2-3-9-4-5-10(13-7-9)11-6-12(16)15-8-14-11/h4-8H,1H3,(H,14,15,16). The molecule has 0 unspecified atom stereocenters. The molecule has 0 bridgehead atoms. The summed E-state index contributed by atoms with van der Waals surface area (Å²) in [5.41, 5.74) is 1.87. The van der Waals surface area contributed by atoms with Crippen LogP contribution in [0.3, 0.4) is 0 Å². The van der Waals surface area contributed by atoms with Crippen molar-refractivity contribution < 1.29 is 0 Å². The Bertz CT molecular complexity index is 602. The molecular formula is C12H9N3O. The van der Waals surface area contributed by atoms with Gasteiger partial charge in [-0.3, -0.25) is 9.78 Å². The van der Waals surface area contributed by atoms with Crippen LogP contribution < -0.4 is 5.56 Å². The van der Waals surface area contributed by atoms with Crippen molar-refractivity contribution in [1.29, 1.82) is 0 Å². The Morgan fingerprint density at radius 1 is 1.25 bits per heavy atom. The molecule has 0 aliphatic rings. The van der Waals surface area contributed by atoms with E-state index in [1.165, 1.54) is 12.4 Å². The Labute approximate surface area is 92.4 Å². The quantitative estimate of drug-likeness (QED) is 0.721. The highest BCUT2D eigenvalue weighted by Gasteiger charge is 2.00. The molecule has 0 aliphatic heterocycles. The lowest BCUT2D eigenvalue weighted by Gasteiger charge is -1.98. The third-order valence-electron chi connectivity index (χ3n) is 1.97. The van der Waals surface area contributed by atoms with Gasteiger partial charge < -0.3 is 4.98 Å². The average Bonchev–Trinajstić information content (AvgIpc) is 2.30. The lowest BCUT2D eigenvalue weighted by atomic mass is 10.2. The predicted octanol–water partition coefficient (Wildman–Crippen LogP) is 1.20. The van der Waals surface area contributed by atoms with Crippen LogP contribution in [0.2, 0.25) is 0 Å². The molecule has 2 aromatic rings. The smallest absolute Gasteiger partial charge is 0.251 e. The van der Waals surface area contributed by atoms with Crippen LogP contribution in [0, 0.1) is 11.8 Å². The first-order valence-electron chi connectivity index (χ1n) is 4.73. The molecule has 4 nitrogen and oxygen atoms in total. The number of nitrogens with zero attached hydrogens (tertiary/aromatic N) is 2. The van der Waals surface area contributed by atoms with Crippen LogP contribution in [0.4, 0.5) is 0 Å². The van der Waals surface area contributed by atoms with E-state index in [0.717, 1.165) is 5.56 Å². The molecular weight excluding hydrogens is 202 g/mol. The molecule has 0 amide bonds. The van der Waals surface area contributed by atoms with E-state index >= 15 is 0 Å². The van der Waals surface area contributed by atoms with Crippen molar-refractivity contribution in [3.05, 3.63) is 46.6 Å². The van der Waals surface area contributed by atoms with Gasteiger partial charge in [0, 0.05) is 17.8 Å². The van der Waals surface area contributed by atoms with Crippen LogP contribution in [-0.2, 0) is 0 Å². The second kappa shape index (κ2) is 4.41. The SMILES string of the molecule is CC#Cc1ccc(-c2cc(=O)[nH]cn2)nc1. The molecule has 0 radical (unpaired) electrons. The van der Waals surface area contributed by atoms with E-state index in [9.17, 15) is 4.79 Å². The van der Waals surface area contributed by atoms with E-state index < -0.39 is 0 Å². The van der Waals surface area contributed by atoms with Gasteiger partial charge in [0.25, 0.3) is 5.56 Å². The van der Waals surface area contributed by atoms with Gasteiger partial charge in [0.15, 0.2) is 0 Å². The maximum Gasteiger partial charge on any atom is 0.251 e. The van der Waals surface area contributed by atoms with Crippen molar-refractivity contribution in [3.63, 3.8) is 0 Å². The van der Waals surface area contributed by atoms with Crippen LogP contribution in [0.1, 0.15) is 12.5 Å². The molecule has 0 aliphatic carbocycles. The van der Waals surface area contributed by atoms with E-state index in [4.69, 9.17) is 0 Å². The fourth-order valence-corrected chi connectivity index (χ4v) is 1.27. The summed E-state index contributed by atoms with van der Waals surface area (Å²) >= 11 is 0. The first-order chi connectivity index (χ1) is 7.79. The molecule has 0 fully saturated rings. The molecule has 1 N–H and O–H groups in total. The number of hydrogen-bond acceptors (Lipinski definition) is 3. The molecule has 0 saturated heterocycles. The van der Waals surface area contributed by atoms with Gasteiger partial charge in [-0.1, -0.05) is 5.92 Å². The Kier molecular flexibility index (Phi) is 2.79. The first-order valence-corrected chi connectivity index (χ1v) is 4.73. The highest BCUT2D eigenvalue weighted by molar-refractivity contribution is 5.53. The molecule has 16 heavy (non-hydrogen) atoms. The van der Waals surface area contributed by atoms with Crippen molar-refractivity contribution in [2.24, 2.45) is 0 Å². The highest BCUT2D eigenvalue weighted by Crippen LogP contribution is 2.11. The second-order valence-electron chi connectivity index (χ2n) is 3.10. The molecule has 2 heterocycles. The van der Waals surface area contributed by atoms with Crippen molar-refractivity contribution >= 4 is 0 Å². The van der Waals surface area contributed by atoms with Crippen LogP contribution in [0.15, 0.2) is 35.5 Å². The number of H-pyrrole nitrogens is 1. The van der Waals surface area contributed by atoms with E-state index in [-0.39, 0.29) is 5.56 Å². The summed E-state index contributed by atoms with van der Waals surface area (Å²) in [7, 11) is 0. The molecule has 78 valence electrons. The van der Waals surface area contributed by atoms with Crippen molar-refractivity contribution in [2.75, 3.05) is 0 Å². The minimum atomic E-state index is -0.191. The lowest BCUT2D eigenvalue weighted by molar-refractivity contribution is 1.11. The zero-order valence-electron chi connectivity index (χ0n) is 8.69. The van der Waals surface area contributed by atoms with Gasteiger partial charge in [-0.15, -0.1) is 5.92 Å². The highest BCUT2D eigenvalue weighted by atomic mass is 16.1. The summed E-state index contributed by atoms with van der Waals surface area (Å²) in [6, 6.07) is 5.05. The molecule has 0 spiro atoms. The summed E-state index contributed by atoms with van der Waals surface area (Å²) < 4.78 is 0. The van der Waals surface area contributed by atoms with Crippen LogP contribution >= 0.6 is 0 Å². The summed E-state index contributed by atoms with van der Waals surface area (Å²) in [6.07, 6.45) is 3.02. The second-order valence-corrected chi connectivity index (χ2v) is 3.10. The first kappa shape index (κ1) is 10.1. The van der Waals surface area contributed by atoms with Gasteiger partial charge in [0.2, 0.25) is 0 Å². The molecule has 0 atom stereocenters. The van der Waals surface area contributed by atoms with Crippen molar-refractivity contribution in [2.45, 2.75) is 6.92 Å². The normalized spacial score (nSPS) is 9.31. The van der Waals surface area contributed by atoms with E-state index in [1.807, 2.05) is 6.07 Å². The largest absolute Gasteiger partial charge is 0.313 e. The lowest BCUT2D eigenvalue weighted by Crippen LogP contribution is -2.04. The van der Waals surface area contributed by atoms with Gasteiger partial charge in [-0.25, -0.2) is 4.98 Å². The monoisotopic (exact) mass is 211 g/mol. The molecule has 2 aromatic heterocycles. The minimum absolute atomic E-state index is 0.191. The summed E-state index contributed by atoms with van der Waals surface area (Å²) in [5.74, 6) is 5.69. The fourth-order valence-electron chi connectivity index (χ4n) is 1.27. The summed E-state index contributed by atoms with van der Waals surface area (Å²) in [5, 5.41) is 0. The number of aromatic amines is 1. The van der Waals surface area contributed by atoms with E-state index in [1.54, 1.807) is 19.2 Å². The third kappa shape index (κ3) is 2.15.